The van der Waals surface area contributed by atoms with Gasteiger partial charge in [-0.1, -0.05) is 45.7 Å². The van der Waals surface area contributed by atoms with Gasteiger partial charge in [-0.05, 0) is 19.5 Å². The van der Waals surface area contributed by atoms with E-state index in [0.717, 1.165) is 5.92 Å². The van der Waals surface area contributed by atoms with Gasteiger partial charge in [-0.15, -0.1) is 0 Å². The SMILES string of the molecule is CCN1CC[C@]2(C)[C@H](C1)C2(Br)Br. The summed E-state index contributed by atoms with van der Waals surface area (Å²) in [4.78, 5) is 2.54. The molecule has 12 heavy (non-hydrogen) atoms. The monoisotopic (exact) mass is 295 g/mol. The van der Waals surface area contributed by atoms with Crippen LogP contribution in [-0.2, 0) is 0 Å². The highest BCUT2D eigenvalue weighted by Gasteiger charge is 2.72. The Morgan fingerprint density at radius 2 is 2.17 bits per heavy atom. The van der Waals surface area contributed by atoms with Gasteiger partial charge in [-0.2, -0.15) is 0 Å². The Labute approximate surface area is 91.1 Å². The lowest BCUT2D eigenvalue weighted by molar-refractivity contribution is 0.194. The van der Waals surface area contributed by atoms with Crippen LogP contribution in [0.5, 0.6) is 0 Å². The molecule has 1 aliphatic carbocycles. The Balaban J connectivity index is 2.08. The van der Waals surface area contributed by atoms with E-state index in [9.17, 15) is 0 Å². The van der Waals surface area contributed by atoms with Crippen molar-refractivity contribution in [1.29, 1.82) is 0 Å². The van der Waals surface area contributed by atoms with Gasteiger partial charge in [-0.25, -0.2) is 0 Å². The molecule has 0 N–H and O–H groups in total. The number of alkyl halides is 2. The number of piperidine rings is 1. The molecule has 1 aliphatic heterocycles. The molecular formula is C9H15Br2N. The molecule has 1 nitrogen and oxygen atoms in total. The Kier molecular flexibility index (Phi) is 2.14. The molecule has 0 unspecified atom stereocenters. The maximum Gasteiger partial charge on any atom is 0.0909 e. The Bertz CT molecular complexity index is 205. The lowest BCUT2D eigenvalue weighted by atomic mass is 9.98. The second kappa shape index (κ2) is 2.71. The first kappa shape index (κ1) is 9.47. The third-order valence-corrected chi connectivity index (χ3v) is 6.64. The van der Waals surface area contributed by atoms with Crippen molar-refractivity contribution in [2.45, 2.75) is 23.5 Å². The van der Waals surface area contributed by atoms with E-state index in [1.54, 1.807) is 0 Å². The fourth-order valence-electron chi connectivity index (χ4n) is 2.36. The predicted octanol–water partition coefficient (Wildman–Crippen LogP) is 2.83. The first-order valence-corrected chi connectivity index (χ1v) is 6.21. The van der Waals surface area contributed by atoms with Crippen LogP contribution in [0.25, 0.3) is 0 Å². The average Bonchev–Trinajstić information content (AvgIpc) is 2.47. The summed E-state index contributed by atoms with van der Waals surface area (Å²) in [6, 6.07) is 0. The van der Waals surface area contributed by atoms with Crippen LogP contribution in [-0.4, -0.2) is 27.8 Å². The minimum atomic E-state index is 0.247. The quantitative estimate of drug-likeness (QED) is 0.673. The van der Waals surface area contributed by atoms with E-state index in [0.29, 0.717) is 5.41 Å². The molecule has 70 valence electrons. The highest BCUT2D eigenvalue weighted by Crippen LogP contribution is 2.74. The van der Waals surface area contributed by atoms with Gasteiger partial charge in [0.1, 0.15) is 0 Å². The van der Waals surface area contributed by atoms with E-state index in [1.807, 2.05) is 0 Å². The largest absolute Gasteiger partial charge is 0.303 e. The summed E-state index contributed by atoms with van der Waals surface area (Å²) in [5, 5.41) is 0. The van der Waals surface area contributed by atoms with E-state index in [2.05, 4.69) is 50.6 Å². The number of hydrogen-bond donors (Lipinski definition) is 0. The van der Waals surface area contributed by atoms with E-state index in [4.69, 9.17) is 0 Å². The van der Waals surface area contributed by atoms with Gasteiger partial charge in [0.15, 0.2) is 0 Å². The zero-order valence-electron chi connectivity index (χ0n) is 7.61. The molecule has 0 radical (unpaired) electrons. The normalized spacial score (nSPS) is 45.5. The van der Waals surface area contributed by atoms with E-state index in [-0.39, 0.29) is 3.23 Å². The molecule has 3 heteroatoms. The minimum Gasteiger partial charge on any atom is -0.303 e. The fraction of sp³-hybridized carbons (Fsp3) is 1.00. The molecule has 2 aliphatic rings. The summed E-state index contributed by atoms with van der Waals surface area (Å²) in [6.45, 7) is 8.35. The van der Waals surface area contributed by atoms with E-state index >= 15 is 0 Å². The molecule has 0 aromatic carbocycles. The molecule has 0 bridgehead atoms. The van der Waals surface area contributed by atoms with Crippen molar-refractivity contribution >= 4 is 31.9 Å². The highest BCUT2D eigenvalue weighted by atomic mass is 79.9. The zero-order chi connectivity index (χ0) is 8.98. The summed E-state index contributed by atoms with van der Waals surface area (Å²) < 4.78 is 0.247. The lowest BCUT2D eigenvalue weighted by Crippen LogP contribution is -2.33. The number of hydrogen-bond acceptors (Lipinski definition) is 1. The van der Waals surface area contributed by atoms with Crippen LogP contribution in [0.2, 0.25) is 0 Å². The number of fused-ring (bicyclic) bond motifs is 1. The van der Waals surface area contributed by atoms with E-state index < -0.39 is 0 Å². The topological polar surface area (TPSA) is 3.24 Å². The van der Waals surface area contributed by atoms with Crippen molar-refractivity contribution < 1.29 is 0 Å². The van der Waals surface area contributed by atoms with Crippen molar-refractivity contribution in [2.24, 2.45) is 11.3 Å². The molecule has 0 aromatic rings. The first-order chi connectivity index (χ1) is 5.52. The van der Waals surface area contributed by atoms with Crippen molar-refractivity contribution in [1.82, 2.24) is 4.90 Å². The van der Waals surface area contributed by atoms with Crippen molar-refractivity contribution in [3.63, 3.8) is 0 Å². The average molecular weight is 297 g/mol. The van der Waals surface area contributed by atoms with Crippen molar-refractivity contribution in [2.75, 3.05) is 19.6 Å². The Morgan fingerprint density at radius 1 is 1.50 bits per heavy atom. The minimum absolute atomic E-state index is 0.247. The molecule has 0 aromatic heterocycles. The third kappa shape index (κ3) is 1.05. The summed E-state index contributed by atoms with van der Waals surface area (Å²) in [5.41, 5.74) is 0.513. The van der Waals surface area contributed by atoms with Crippen LogP contribution in [0.4, 0.5) is 0 Å². The molecule has 2 atom stereocenters. The van der Waals surface area contributed by atoms with Crippen molar-refractivity contribution in [3.05, 3.63) is 0 Å². The van der Waals surface area contributed by atoms with Crippen LogP contribution >= 0.6 is 31.9 Å². The van der Waals surface area contributed by atoms with Gasteiger partial charge in [0.25, 0.3) is 0 Å². The Morgan fingerprint density at radius 3 is 2.67 bits per heavy atom. The molecule has 0 spiro atoms. The fourth-order valence-corrected chi connectivity index (χ4v) is 4.38. The highest BCUT2D eigenvalue weighted by molar-refractivity contribution is 9.25. The second-order valence-corrected chi connectivity index (χ2v) is 7.80. The zero-order valence-corrected chi connectivity index (χ0v) is 10.8. The predicted molar refractivity (Wildman–Crippen MR) is 58.9 cm³/mol. The van der Waals surface area contributed by atoms with E-state index in [1.165, 1.54) is 26.1 Å². The maximum absolute atomic E-state index is 3.78. The number of rotatable bonds is 1. The molecule has 2 rings (SSSR count). The molecular weight excluding hydrogens is 282 g/mol. The second-order valence-electron chi connectivity index (χ2n) is 4.24. The van der Waals surface area contributed by atoms with Gasteiger partial charge in [0.2, 0.25) is 0 Å². The number of likely N-dealkylation sites (tertiary alicyclic amines) is 1. The maximum atomic E-state index is 3.78. The Hall–Kier alpha value is 0.920. The van der Waals surface area contributed by atoms with Crippen LogP contribution in [0.1, 0.15) is 20.3 Å². The van der Waals surface area contributed by atoms with Crippen molar-refractivity contribution in [3.8, 4) is 0 Å². The van der Waals surface area contributed by atoms with Gasteiger partial charge < -0.3 is 4.90 Å². The standard InChI is InChI=1S/C9H15Br2N/c1-3-12-5-4-8(2)7(6-12)9(8,10)11/h7H,3-6H2,1-2H3/t7-,8+/m0/s1. The summed E-state index contributed by atoms with van der Waals surface area (Å²) >= 11 is 7.56. The van der Waals surface area contributed by atoms with Gasteiger partial charge in [0, 0.05) is 17.9 Å². The van der Waals surface area contributed by atoms with Gasteiger partial charge >= 0.3 is 0 Å². The third-order valence-electron chi connectivity index (χ3n) is 3.72. The number of nitrogens with zero attached hydrogens (tertiary/aromatic N) is 1. The molecule has 1 saturated heterocycles. The lowest BCUT2D eigenvalue weighted by Gasteiger charge is -2.27. The van der Waals surface area contributed by atoms with Gasteiger partial charge in [0.05, 0.1) is 3.23 Å². The van der Waals surface area contributed by atoms with Crippen LogP contribution < -0.4 is 0 Å². The van der Waals surface area contributed by atoms with Crippen LogP contribution in [0.15, 0.2) is 0 Å². The van der Waals surface area contributed by atoms with Gasteiger partial charge in [-0.3, -0.25) is 0 Å². The molecule has 2 fully saturated rings. The summed E-state index contributed by atoms with van der Waals surface area (Å²) in [6.07, 6.45) is 1.32. The smallest absolute Gasteiger partial charge is 0.0909 e. The number of halogens is 2. The summed E-state index contributed by atoms with van der Waals surface area (Å²) in [5.74, 6) is 0.804. The molecule has 1 saturated carbocycles. The molecule has 1 heterocycles. The summed E-state index contributed by atoms with van der Waals surface area (Å²) in [7, 11) is 0. The van der Waals surface area contributed by atoms with Crippen LogP contribution in [0, 0.1) is 11.3 Å². The first-order valence-electron chi connectivity index (χ1n) is 4.62. The van der Waals surface area contributed by atoms with Crippen LogP contribution in [0.3, 0.4) is 0 Å². The molecule has 0 amide bonds.